The number of nitrogens with one attached hydrogen (secondary N) is 2. The number of aliphatic imine (C=N–C) groups is 1. The Morgan fingerprint density at radius 1 is 1.24 bits per heavy atom. The minimum absolute atomic E-state index is 0.0868. The molecule has 0 amide bonds. The van der Waals surface area contributed by atoms with Crippen molar-refractivity contribution in [2.45, 2.75) is 31.9 Å². The quantitative estimate of drug-likeness (QED) is 0.650. The first-order valence-corrected chi connectivity index (χ1v) is 8.77. The van der Waals surface area contributed by atoms with Crippen molar-refractivity contribution in [2.75, 3.05) is 20.2 Å². The van der Waals surface area contributed by atoms with Gasteiger partial charge in [0.25, 0.3) is 0 Å². The topological polar surface area (TPSA) is 58.5 Å². The van der Waals surface area contributed by atoms with Crippen LogP contribution in [0.4, 0.5) is 0 Å². The predicted molar refractivity (Wildman–Crippen MR) is 101 cm³/mol. The smallest absolute Gasteiger partial charge is 0.191 e. The Bertz CT molecular complexity index is 709. The summed E-state index contributed by atoms with van der Waals surface area (Å²) in [5.41, 5.74) is 3.21. The van der Waals surface area contributed by atoms with Gasteiger partial charge in [0, 0.05) is 38.5 Å². The molecular weight excluding hydrogens is 312 g/mol. The summed E-state index contributed by atoms with van der Waals surface area (Å²) >= 11 is 0. The van der Waals surface area contributed by atoms with Gasteiger partial charge < -0.3 is 15.4 Å². The fourth-order valence-corrected chi connectivity index (χ4v) is 3.03. The first-order valence-electron chi connectivity index (χ1n) is 8.77. The van der Waals surface area contributed by atoms with E-state index in [9.17, 15) is 0 Å². The molecule has 1 aliphatic rings. The van der Waals surface area contributed by atoms with Crippen LogP contribution < -0.4 is 10.6 Å². The van der Waals surface area contributed by atoms with Gasteiger partial charge in [-0.1, -0.05) is 24.3 Å². The van der Waals surface area contributed by atoms with Gasteiger partial charge in [-0.3, -0.25) is 9.98 Å². The molecule has 0 saturated carbocycles. The van der Waals surface area contributed by atoms with Gasteiger partial charge in [0.05, 0.1) is 11.3 Å². The van der Waals surface area contributed by atoms with E-state index in [1.807, 2.05) is 24.4 Å². The molecule has 25 heavy (non-hydrogen) atoms. The zero-order valence-electron chi connectivity index (χ0n) is 15.0. The van der Waals surface area contributed by atoms with Crippen molar-refractivity contribution in [3.05, 3.63) is 54.2 Å². The number of benzene rings is 1. The van der Waals surface area contributed by atoms with Crippen LogP contribution in [0.3, 0.4) is 0 Å². The zero-order chi connectivity index (χ0) is 17.5. The number of hydrogen-bond donors (Lipinski definition) is 2. The van der Waals surface area contributed by atoms with E-state index in [0.29, 0.717) is 6.54 Å². The van der Waals surface area contributed by atoms with Gasteiger partial charge in [-0.2, -0.15) is 0 Å². The van der Waals surface area contributed by atoms with E-state index in [0.717, 1.165) is 43.2 Å². The number of guanidine groups is 1. The maximum absolute atomic E-state index is 5.81. The highest BCUT2D eigenvalue weighted by atomic mass is 16.5. The molecule has 2 heterocycles. The molecule has 2 aromatic rings. The van der Waals surface area contributed by atoms with Gasteiger partial charge >= 0.3 is 0 Å². The average molecular weight is 338 g/mol. The van der Waals surface area contributed by atoms with E-state index in [2.05, 4.69) is 51.8 Å². The Kier molecular flexibility index (Phi) is 5.66. The normalized spacial score (nSPS) is 20.5. The highest BCUT2D eigenvalue weighted by Crippen LogP contribution is 2.23. The van der Waals surface area contributed by atoms with Crippen LogP contribution in [0.1, 0.15) is 25.3 Å². The van der Waals surface area contributed by atoms with Crippen LogP contribution in [0.15, 0.2) is 53.7 Å². The second-order valence-electron chi connectivity index (χ2n) is 6.60. The molecule has 1 aromatic carbocycles. The summed E-state index contributed by atoms with van der Waals surface area (Å²) in [5, 5.41) is 6.74. The van der Waals surface area contributed by atoms with Gasteiger partial charge in [0.15, 0.2) is 5.96 Å². The van der Waals surface area contributed by atoms with Crippen molar-refractivity contribution in [2.24, 2.45) is 4.99 Å². The average Bonchev–Trinajstić information content (AvgIpc) is 3.10. The molecule has 132 valence electrons. The Labute approximate surface area is 149 Å². The molecule has 1 aliphatic heterocycles. The van der Waals surface area contributed by atoms with Gasteiger partial charge in [-0.15, -0.1) is 0 Å². The Morgan fingerprint density at radius 2 is 2.16 bits per heavy atom. The monoisotopic (exact) mass is 338 g/mol. The van der Waals surface area contributed by atoms with Crippen LogP contribution in [0, 0.1) is 0 Å². The summed E-state index contributed by atoms with van der Waals surface area (Å²) in [6.07, 6.45) is 4.03. The summed E-state index contributed by atoms with van der Waals surface area (Å²) < 4.78 is 5.81. The summed E-state index contributed by atoms with van der Waals surface area (Å²) in [7, 11) is 1.79. The van der Waals surface area contributed by atoms with Crippen LogP contribution in [0.5, 0.6) is 0 Å². The SMILES string of the molecule is CN=C(NCc1cccc(-c2ccccn2)c1)NCC1(C)CCCO1. The Morgan fingerprint density at radius 3 is 2.88 bits per heavy atom. The lowest BCUT2D eigenvalue weighted by Crippen LogP contribution is -2.45. The highest BCUT2D eigenvalue weighted by Gasteiger charge is 2.29. The Balaban J connectivity index is 1.57. The molecule has 0 radical (unpaired) electrons. The maximum Gasteiger partial charge on any atom is 0.191 e. The lowest BCUT2D eigenvalue weighted by molar-refractivity contribution is 0.0243. The standard InChI is InChI=1S/C20H26N4O/c1-20(10-6-12-25-20)15-24-19(21-2)23-14-16-7-5-8-17(13-16)18-9-3-4-11-22-18/h3-5,7-9,11,13H,6,10,12,14-15H2,1-2H3,(H2,21,23,24). The summed E-state index contributed by atoms with van der Waals surface area (Å²) in [6.45, 7) is 4.47. The highest BCUT2D eigenvalue weighted by molar-refractivity contribution is 5.79. The molecule has 1 unspecified atom stereocenters. The van der Waals surface area contributed by atoms with Crippen LogP contribution in [0.25, 0.3) is 11.3 Å². The number of hydrogen-bond acceptors (Lipinski definition) is 3. The number of pyridine rings is 1. The molecule has 3 rings (SSSR count). The van der Waals surface area contributed by atoms with E-state index in [4.69, 9.17) is 4.74 Å². The molecule has 0 spiro atoms. The van der Waals surface area contributed by atoms with Crippen molar-refractivity contribution < 1.29 is 4.74 Å². The van der Waals surface area contributed by atoms with Crippen LogP contribution >= 0.6 is 0 Å². The van der Waals surface area contributed by atoms with E-state index < -0.39 is 0 Å². The lowest BCUT2D eigenvalue weighted by atomic mass is 10.0. The van der Waals surface area contributed by atoms with Crippen molar-refractivity contribution in [3.8, 4) is 11.3 Å². The van der Waals surface area contributed by atoms with E-state index in [-0.39, 0.29) is 5.60 Å². The van der Waals surface area contributed by atoms with E-state index in [1.165, 1.54) is 5.56 Å². The lowest BCUT2D eigenvalue weighted by Gasteiger charge is -2.24. The number of aromatic nitrogens is 1. The fourth-order valence-electron chi connectivity index (χ4n) is 3.03. The third-order valence-corrected chi connectivity index (χ3v) is 4.50. The first kappa shape index (κ1) is 17.4. The second kappa shape index (κ2) is 8.12. The van der Waals surface area contributed by atoms with E-state index in [1.54, 1.807) is 7.05 Å². The number of rotatable bonds is 5. The molecule has 2 N–H and O–H groups in total. The minimum atomic E-state index is -0.0868. The molecular formula is C20H26N4O. The number of nitrogens with zero attached hydrogens (tertiary/aromatic N) is 2. The summed E-state index contributed by atoms with van der Waals surface area (Å²) in [4.78, 5) is 8.71. The third-order valence-electron chi connectivity index (χ3n) is 4.50. The van der Waals surface area contributed by atoms with Gasteiger partial charge in [-0.05, 0) is 43.5 Å². The largest absolute Gasteiger partial charge is 0.373 e. The molecule has 1 saturated heterocycles. The van der Waals surface area contributed by atoms with Crippen LogP contribution in [0.2, 0.25) is 0 Å². The maximum atomic E-state index is 5.81. The first-order chi connectivity index (χ1) is 12.2. The fraction of sp³-hybridized carbons (Fsp3) is 0.400. The Hall–Kier alpha value is -2.40. The number of ether oxygens (including phenoxy) is 1. The summed E-state index contributed by atoms with van der Waals surface area (Å²) in [6, 6.07) is 14.4. The second-order valence-corrected chi connectivity index (χ2v) is 6.60. The molecule has 1 aromatic heterocycles. The molecule has 0 aliphatic carbocycles. The van der Waals surface area contributed by atoms with Gasteiger partial charge in [0.1, 0.15) is 0 Å². The van der Waals surface area contributed by atoms with Crippen molar-refractivity contribution >= 4 is 5.96 Å². The minimum Gasteiger partial charge on any atom is -0.373 e. The molecule has 1 fully saturated rings. The predicted octanol–water partition coefficient (Wildman–Crippen LogP) is 2.98. The zero-order valence-corrected chi connectivity index (χ0v) is 15.0. The molecule has 0 bridgehead atoms. The molecule has 5 nitrogen and oxygen atoms in total. The third kappa shape index (κ3) is 4.79. The van der Waals surface area contributed by atoms with Crippen molar-refractivity contribution in [1.29, 1.82) is 0 Å². The van der Waals surface area contributed by atoms with Crippen molar-refractivity contribution in [1.82, 2.24) is 15.6 Å². The molecule has 5 heteroatoms. The van der Waals surface area contributed by atoms with E-state index >= 15 is 0 Å². The van der Waals surface area contributed by atoms with Crippen LogP contribution in [-0.2, 0) is 11.3 Å². The molecule has 1 atom stereocenters. The van der Waals surface area contributed by atoms with Gasteiger partial charge in [-0.25, -0.2) is 0 Å². The van der Waals surface area contributed by atoms with Crippen molar-refractivity contribution in [3.63, 3.8) is 0 Å². The van der Waals surface area contributed by atoms with Crippen LogP contribution in [-0.4, -0.2) is 36.7 Å². The summed E-state index contributed by atoms with van der Waals surface area (Å²) in [5.74, 6) is 0.792. The van der Waals surface area contributed by atoms with Gasteiger partial charge in [0.2, 0.25) is 0 Å².